The number of nitrogens with one attached hydrogen (secondary N) is 1. The number of amides is 1. The van der Waals surface area contributed by atoms with Crippen LogP contribution in [0, 0.1) is 5.92 Å². The first-order chi connectivity index (χ1) is 13.6. The van der Waals surface area contributed by atoms with E-state index in [0.29, 0.717) is 4.31 Å². The van der Waals surface area contributed by atoms with Gasteiger partial charge in [-0.25, -0.2) is 25.9 Å². The molecule has 1 heterocycles. The third-order valence-electron chi connectivity index (χ3n) is 4.32. The van der Waals surface area contributed by atoms with Gasteiger partial charge in [0.25, 0.3) is 10.0 Å². The SMILES string of the molecule is COC(=O)c1ccccc1NS(=O)(=O)c1ccc(N2C(=O)C(C)CS2(=O)=O)cc1. The van der Waals surface area contributed by atoms with Crippen LogP contribution in [0.4, 0.5) is 11.4 Å². The van der Waals surface area contributed by atoms with Gasteiger partial charge in [0.1, 0.15) is 0 Å². The van der Waals surface area contributed by atoms with Crippen LogP contribution in [0.5, 0.6) is 0 Å². The van der Waals surface area contributed by atoms with E-state index < -0.39 is 37.8 Å². The van der Waals surface area contributed by atoms with Gasteiger partial charge in [0.05, 0.1) is 40.6 Å². The summed E-state index contributed by atoms with van der Waals surface area (Å²) in [6.45, 7) is 1.52. The van der Waals surface area contributed by atoms with Gasteiger partial charge in [0.2, 0.25) is 15.9 Å². The van der Waals surface area contributed by atoms with Gasteiger partial charge in [-0.2, -0.15) is 0 Å². The van der Waals surface area contributed by atoms with E-state index in [1.54, 1.807) is 12.1 Å². The molecule has 1 aliphatic rings. The Morgan fingerprint density at radius 3 is 2.31 bits per heavy atom. The first-order valence-corrected chi connectivity index (χ1v) is 11.5. The van der Waals surface area contributed by atoms with Crippen molar-refractivity contribution in [2.75, 3.05) is 21.9 Å². The summed E-state index contributed by atoms with van der Waals surface area (Å²) >= 11 is 0. The highest BCUT2D eigenvalue weighted by atomic mass is 32.2. The van der Waals surface area contributed by atoms with Crippen molar-refractivity contribution in [3.05, 3.63) is 54.1 Å². The van der Waals surface area contributed by atoms with Crippen molar-refractivity contribution in [2.24, 2.45) is 5.92 Å². The van der Waals surface area contributed by atoms with Gasteiger partial charge in [-0.05, 0) is 36.4 Å². The smallest absolute Gasteiger partial charge is 0.339 e. The molecular formula is C18H18N2O7S2. The number of hydrogen-bond acceptors (Lipinski definition) is 7. The number of esters is 1. The summed E-state index contributed by atoms with van der Waals surface area (Å²) in [6, 6.07) is 10.8. The Morgan fingerprint density at radius 2 is 1.76 bits per heavy atom. The predicted molar refractivity (Wildman–Crippen MR) is 105 cm³/mol. The van der Waals surface area contributed by atoms with Gasteiger partial charge in [0.15, 0.2) is 0 Å². The lowest BCUT2D eigenvalue weighted by molar-refractivity contribution is -0.119. The van der Waals surface area contributed by atoms with Crippen molar-refractivity contribution in [3.63, 3.8) is 0 Å². The minimum absolute atomic E-state index is 0.0366. The van der Waals surface area contributed by atoms with Crippen LogP contribution in [0.1, 0.15) is 17.3 Å². The molecule has 0 bridgehead atoms. The average Bonchev–Trinajstić information content (AvgIpc) is 2.88. The Hall–Kier alpha value is -2.92. The van der Waals surface area contributed by atoms with Crippen LogP contribution in [0.3, 0.4) is 0 Å². The van der Waals surface area contributed by atoms with Gasteiger partial charge in [-0.3, -0.25) is 9.52 Å². The van der Waals surface area contributed by atoms with Crippen LogP contribution in [0.25, 0.3) is 0 Å². The second-order valence-corrected chi connectivity index (χ2v) is 9.96. The van der Waals surface area contributed by atoms with E-state index in [1.165, 1.54) is 50.4 Å². The Kier molecular flexibility index (Phi) is 5.37. The maximum atomic E-state index is 12.7. The van der Waals surface area contributed by atoms with Crippen molar-refractivity contribution in [2.45, 2.75) is 11.8 Å². The number of hydrogen-bond donors (Lipinski definition) is 1. The zero-order valence-electron chi connectivity index (χ0n) is 15.5. The summed E-state index contributed by atoms with van der Waals surface area (Å²) in [7, 11) is -6.69. The molecule has 2 aromatic carbocycles. The quantitative estimate of drug-likeness (QED) is 0.702. The number of sulfonamides is 2. The number of nitrogens with zero attached hydrogens (tertiary/aromatic N) is 1. The fourth-order valence-electron chi connectivity index (χ4n) is 2.91. The van der Waals surface area contributed by atoms with E-state index in [4.69, 9.17) is 0 Å². The van der Waals surface area contributed by atoms with Crippen LogP contribution in [-0.4, -0.2) is 41.6 Å². The molecule has 0 aromatic heterocycles. The molecular weight excluding hydrogens is 420 g/mol. The Bertz CT molecular complexity index is 1170. The van der Waals surface area contributed by atoms with E-state index in [0.717, 1.165) is 0 Å². The molecule has 1 atom stereocenters. The number of para-hydroxylation sites is 1. The molecule has 1 unspecified atom stereocenters. The van der Waals surface area contributed by atoms with Crippen LogP contribution < -0.4 is 9.03 Å². The molecule has 0 aliphatic carbocycles. The summed E-state index contributed by atoms with van der Waals surface area (Å²) in [6.07, 6.45) is 0. The third kappa shape index (κ3) is 3.96. The molecule has 0 saturated carbocycles. The van der Waals surface area contributed by atoms with E-state index >= 15 is 0 Å². The molecule has 1 N–H and O–H groups in total. The van der Waals surface area contributed by atoms with Crippen molar-refractivity contribution >= 4 is 43.3 Å². The zero-order chi connectivity index (χ0) is 21.4. The maximum absolute atomic E-state index is 12.7. The Morgan fingerprint density at radius 1 is 1.14 bits per heavy atom. The molecule has 1 saturated heterocycles. The van der Waals surface area contributed by atoms with Crippen molar-refractivity contribution in [1.82, 2.24) is 0 Å². The summed E-state index contributed by atoms with van der Waals surface area (Å²) in [5.41, 5.74) is 0.140. The molecule has 29 heavy (non-hydrogen) atoms. The average molecular weight is 438 g/mol. The number of carbonyl (C=O) groups excluding carboxylic acids is 2. The highest BCUT2D eigenvalue weighted by molar-refractivity contribution is 7.94. The second-order valence-electron chi connectivity index (χ2n) is 6.42. The molecule has 1 aliphatic heterocycles. The van der Waals surface area contributed by atoms with Gasteiger partial charge in [-0.1, -0.05) is 19.1 Å². The fraction of sp³-hybridized carbons (Fsp3) is 0.222. The van der Waals surface area contributed by atoms with Gasteiger partial charge >= 0.3 is 5.97 Å². The molecule has 9 nitrogen and oxygen atoms in total. The highest BCUT2D eigenvalue weighted by Crippen LogP contribution is 2.29. The molecule has 0 spiro atoms. The van der Waals surface area contributed by atoms with Crippen LogP contribution >= 0.6 is 0 Å². The predicted octanol–water partition coefficient (Wildman–Crippen LogP) is 1.59. The molecule has 3 rings (SSSR count). The maximum Gasteiger partial charge on any atom is 0.339 e. The zero-order valence-corrected chi connectivity index (χ0v) is 17.2. The second kappa shape index (κ2) is 7.48. The summed E-state index contributed by atoms with van der Waals surface area (Å²) in [5.74, 6) is -2.23. The lowest BCUT2D eigenvalue weighted by Crippen LogP contribution is -2.30. The number of rotatable bonds is 5. The largest absolute Gasteiger partial charge is 0.465 e. The molecule has 1 amide bonds. The van der Waals surface area contributed by atoms with Gasteiger partial charge in [0, 0.05) is 0 Å². The topological polar surface area (TPSA) is 127 Å². The standard InChI is InChI=1S/C18H18N2O7S2/c1-12-11-28(23,24)20(17(12)21)13-7-9-14(10-8-13)29(25,26)19-16-6-4-3-5-15(16)18(22)27-2/h3-10,12,19H,11H2,1-2H3. The number of anilines is 2. The lowest BCUT2D eigenvalue weighted by Gasteiger charge is -2.16. The van der Waals surface area contributed by atoms with E-state index in [2.05, 4.69) is 9.46 Å². The summed E-state index contributed by atoms with van der Waals surface area (Å²) in [4.78, 5) is 23.8. The first-order valence-electron chi connectivity index (χ1n) is 8.44. The van der Waals surface area contributed by atoms with Gasteiger partial charge in [-0.15, -0.1) is 0 Å². The minimum atomic E-state index is -4.08. The Balaban J connectivity index is 1.91. The van der Waals surface area contributed by atoms with E-state index in [-0.39, 0.29) is 27.6 Å². The highest BCUT2D eigenvalue weighted by Gasteiger charge is 2.42. The monoisotopic (exact) mass is 438 g/mol. The van der Waals surface area contributed by atoms with Crippen LogP contribution in [-0.2, 0) is 29.6 Å². The Labute approximate surface area is 168 Å². The van der Waals surface area contributed by atoms with Gasteiger partial charge < -0.3 is 4.74 Å². The normalized spacial score (nSPS) is 18.5. The summed E-state index contributed by atoms with van der Waals surface area (Å²) in [5, 5.41) is 0. The molecule has 11 heteroatoms. The minimum Gasteiger partial charge on any atom is -0.465 e. The fourth-order valence-corrected chi connectivity index (χ4v) is 5.81. The first kappa shape index (κ1) is 20.8. The molecule has 1 fully saturated rings. The molecule has 0 radical (unpaired) electrons. The van der Waals surface area contributed by atoms with Crippen molar-refractivity contribution in [3.8, 4) is 0 Å². The van der Waals surface area contributed by atoms with E-state index in [1.807, 2.05) is 0 Å². The number of methoxy groups -OCH3 is 1. The summed E-state index contributed by atoms with van der Waals surface area (Å²) < 4.78 is 57.3. The number of benzene rings is 2. The number of ether oxygens (including phenoxy) is 1. The molecule has 2 aromatic rings. The van der Waals surface area contributed by atoms with E-state index in [9.17, 15) is 26.4 Å². The third-order valence-corrected chi connectivity index (χ3v) is 7.57. The van der Waals surface area contributed by atoms with Crippen molar-refractivity contribution < 1.29 is 31.2 Å². The lowest BCUT2D eigenvalue weighted by atomic mass is 10.2. The molecule has 154 valence electrons. The van der Waals surface area contributed by atoms with Crippen LogP contribution in [0.15, 0.2) is 53.4 Å². The van der Waals surface area contributed by atoms with Crippen LogP contribution in [0.2, 0.25) is 0 Å². The van der Waals surface area contributed by atoms with Crippen molar-refractivity contribution in [1.29, 1.82) is 0 Å². The number of carbonyl (C=O) groups is 2.